The van der Waals surface area contributed by atoms with Gasteiger partial charge in [0.2, 0.25) is 0 Å². The van der Waals surface area contributed by atoms with Crippen LogP contribution in [0.5, 0.6) is 0 Å². The zero-order chi connectivity index (χ0) is 13.7. The SMILES string of the molecule is NCCCNc1ccc(-c2cc(Br)ccc2F)nn1. The van der Waals surface area contributed by atoms with E-state index in [-0.39, 0.29) is 5.82 Å². The second-order valence-electron chi connectivity index (χ2n) is 4.00. The number of nitrogens with zero attached hydrogens (tertiary/aromatic N) is 2. The van der Waals surface area contributed by atoms with Gasteiger partial charge in [0.05, 0.1) is 5.69 Å². The highest BCUT2D eigenvalue weighted by molar-refractivity contribution is 9.10. The molecule has 1 aromatic heterocycles. The minimum atomic E-state index is -0.318. The van der Waals surface area contributed by atoms with E-state index in [0.29, 0.717) is 23.6 Å². The first kappa shape index (κ1) is 13.9. The molecule has 2 aromatic rings. The monoisotopic (exact) mass is 324 g/mol. The van der Waals surface area contributed by atoms with E-state index in [0.717, 1.165) is 17.4 Å². The van der Waals surface area contributed by atoms with Gasteiger partial charge in [0, 0.05) is 16.6 Å². The molecular weight excluding hydrogens is 311 g/mol. The lowest BCUT2D eigenvalue weighted by atomic mass is 10.1. The highest BCUT2D eigenvalue weighted by Crippen LogP contribution is 2.24. The van der Waals surface area contributed by atoms with Crippen LogP contribution >= 0.6 is 15.9 Å². The van der Waals surface area contributed by atoms with E-state index in [1.54, 1.807) is 24.3 Å². The van der Waals surface area contributed by atoms with E-state index in [9.17, 15) is 4.39 Å². The maximum absolute atomic E-state index is 13.7. The fourth-order valence-corrected chi connectivity index (χ4v) is 1.94. The summed E-state index contributed by atoms with van der Waals surface area (Å²) >= 11 is 3.31. The number of rotatable bonds is 5. The van der Waals surface area contributed by atoms with Gasteiger partial charge in [-0.1, -0.05) is 15.9 Å². The van der Waals surface area contributed by atoms with E-state index >= 15 is 0 Å². The predicted octanol–water partition coefficient (Wildman–Crippen LogP) is 2.81. The third-order valence-electron chi connectivity index (χ3n) is 2.56. The lowest BCUT2D eigenvalue weighted by Gasteiger charge is -2.06. The van der Waals surface area contributed by atoms with Gasteiger partial charge in [0.15, 0.2) is 0 Å². The summed E-state index contributed by atoms with van der Waals surface area (Å²) in [5.74, 6) is 0.342. The van der Waals surface area contributed by atoms with Gasteiger partial charge in [-0.3, -0.25) is 0 Å². The third-order valence-corrected chi connectivity index (χ3v) is 3.05. The first-order chi connectivity index (χ1) is 9.20. The summed E-state index contributed by atoms with van der Waals surface area (Å²) in [7, 11) is 0. The molecule has 0 fully saturated rings. The first-order valence-electron chi connectivity index (χ1n) is 5.94. The Morgan fingerprint density at radius 1 is 1.21 bits per heavy atom. The highest BCUT2D eigenvalue weighted by atomic mass is 79.9. The molecule has 19 heavy (non-hydrogen) atoms. The van der Waals surface area contributed by atoms with Crippen molar-refractivity contribution >= 4 is 21.7 Å². The molecule has 0 saturated carbocycles. The van der Waals surface area contributed by atoms with Gasteiger partial charge in [0.25, 0.3) is 0 Å². The molecule has 0 aliphatic rings. The van der Waals surface area contributed by atoms with Crippen molar-refractivity contribution in [3.63, 3.8) is 0 Å². The molecule has 6 heteroatoms. The minimum absolute atomic E-state index is 0.318. The first-order valence-corrected chi connectivity index (χ1v) is 6.73. The van der Waals surface area contributed by atoms with E-state index in [4.69, 9.17) is 5.73 Å². The van der Waals surface area contributed by atoms with E-state index in [2.05, 4.69) is 31.4 Å². The van der Waals surface area contributed by atoms with Crippen LogP contribution in [-0.4, -0.2) is 23.3 Å². The molecule has 100 valence electrons. The van der Waals surface area contributed by atoms with Gasteiger partial charge >= 0.3 is 0 Å². The summed E-state index contributed by atoms with van der Waals surface area (Å²) in [6.07, 6.45) is 0.865. The molecule has 4 nitrogen and oxygen atoms in total. The molecule has 0 spiro atoms. The maximum atomic E-state index is 13.7. The molecule has 0 amide bonds. The number of nitrogens with two attached hydrogens (primary N) is 1. The Bertz CT molecular complexity index is 545. The number of hydrogen-bond acceptors (Lipinski definition) is 4. The number of anilines is 1. The zero-order valence-corrected chi connectivity index (χ0v) is 11.8. The lowest BCUT2D eigenvalue weighted by Crippen LogP contribution is -2.09. The van der Waals surface area contributed by atoms with E-state index < -0.39 is 0 Å². The van der Waals surface area contributed by atoms with Crippen LogP contribution < -0.4 is 11.1 Å². The number of hydrogen-bond donors (Lipinski definition) is 2. The normalized spacial score (nSPS) is 10.5. The average molecular weight is 325 g/mol. The van der Waals surface area contributed by atoms with Gasteiger partial charge in [-0.05, 0) is 43.3 Å². The van der Waals surface area contributed by atoms with Crippen LogP contribution in [0.3, 0.4) is 0 Å². The summed E-state index contributed by atoms with van der Waals surface area (Å²) < 4.78 is 14.5. The summed E-state index contributed by atoms with van der Waals surface area (Å²) in [4.78, 5) is 0. The molecule has 0 atom stereocenters. The van der Waals surface area contributed by atoms with Crippen molar-refractivity contribution in [3.05, 3.63) is 40.6 Å². The lowest BCUT2D eigenvalue weighted by molar-refractivity contribution is 0.630. The van der Waals surface area contributed by atoms with E-state index in [1.807, 2.05) is 0 Å². The Labute approximate surface area is 119 Å². The van der Waals surface area contributed by atoms with Crippen molar-refractivity contribution in [2.45, 2.75) is 6.42 Å². The number of nitrogens with one attached hydrogen (secondary N) is 1. The second kappa shape index (κ2) is 6.58. The van der Waals surface area contributed by atoms with Crippen molar-refractivity contribution in [2.75, 3.05) is 18.4 Å². The van der Waals surface area contributed by atoms with Gasteiger partial charge in [-0.25, -0.2) is 4.39 Å². The topological polar surface area (TPSA) is 63.8 Å². The summed E-state index contributed by atoms with van der Waals surface area (Å²) in [5.41, 5.74) is 6.33. The number of aromatic nitrogens is 2. The summed E-state index contributed by atoms with van der Waals surface area (Å²) in [6.45, 7) is 1.37. The molecule has 0 unspecified atom stereocenters. The largest absolute Gasteiger partial charge is 0.369 e. The Balaban J connectivity index is 2.15. The molecule has 1 heterocycles. The Morgan fingerprint density at radius 3 is 2.74 bits per heavy atom. The maximum Gasteiger partial charge on any atom is 0.148 e. The smallest absolute Gasteiger partial charge is 0.148 e. The van der Waals surface area contributed by atoms with Crippen molar-refractivity contribution in [1.82, 2.24) is 10.2 Å². The van der Waals surface area contributed by atoms with Gasteiger partial charge in [-0.15, -0.1) is 10.2 Å². The quantitative estimate of drug-likeness (QED) is 0.830. The molecule has 0 aliphatic carbocycles. The third kappa shape index (κ3) is 3.71. The van der Waals surface area contributed by atoms with Crippen LogP contribution in [0, 0.1) is 5.82 Å². The van der Waals surface area contributed by atoms with Crippen molar-refractivity contribution in [2.24, 2.45) is 5.73 Å². The Hall–Kier alpha value is -1.53. The molecule has 0 bridgehead atoms. The molecule has 2 rings (SSSR count). The molecule has 0 radical (unpaired) electrons. The average Bonchev–Trinajstić information content (AvgIpc) is 2.43. The molecule has 1 aromatic carbocycles. The highest BCUT2D eigenvalue weighted by Gasteiger charge is 2.07. The fourth-order valence-electron chi connectivity index (χ4n) is 1.58. The van der Waals surface area contributed by atoms with Crippen molar-refractivity contribution < 1.29 is 4.39 Å². The van der Waals surface area contributed by atoms with E-state index in [1.165, 1.54) is 6.07 Å². The van der Waals surface area contributed by atoms with Crippen LogP contribution in [-0.2, 0) is 0 Å². The molecule has 3 N–H and O–H groups in total. The van der Waals surface area contributed by atoms with Gasteiger partial charge in [0.1, 0.15) is 11.6 Å². The summed E-state index contributed by atoms with van der Waals surface area (Å²) in [6, 6.07) is 8.24. The Kier molecular flexibility index (Phi) is 4.81. The van der Waals surface area contributed by atoms with Crippen LogP contribution in [0.15, 0.2) is 34.8 Å². The standard InChI is InChI=1S/C13H14BrFN4/c14-9-2-3-11(15)10(8-9)12-4-5-13(19-18-12)17-7-1-6-16/h2-5,8H,1,6-7,16H2,(H,17,19). The number of halogens is 2. The second-order valence-corrected chi connectivity index (χ2v) is 4.91. The zero-order valence-electron chi connectivity index (χ0n) is 10.2. The molecule has 0 aliphatic heterocycles. The van der Waals surface area contributed by atoms with Crippen molar-refractivity contribution in [3.8, 4) is 11.3 Å². The fraction of sp³-hybridized carbons (Fsp3) is 0.231. The summed E-state index contributed by atoms with van der Waals surface area (Å²) in [5, 5.41) is 11.1. The molecule has 0 saturated heterocycles. The predicted molar refractivity (Wildman–Crippen MR) is 77.3 cm³/mol. The van der Waals surface area contributed by atoms with Crippen LogP contribution in [0.25, 0.3) is 11.3 Å². The van der Waals surface area contributed by atoms with Crippen molar-refractivity contribution in [1.29, 1.82) is 0 Å². The minimum Gasteiger partial charge on any atom is -0.369 e. The van der Waals surface area contributed by atoms with Crippen LogP contribution in [0.4, 0.5) is 10.2 Å². The van der Waals surface area contributed by atoms with Gasteiger partial charge in [-0.2, -0.15) is 0 Å². The van der Waals surface area contributed by atoms with Crippen LogP contribution in [0.2, 0.25) is 0 Å². The molecular formula is C13H14BrFN4. The van der Waals surface area contributed by atoms with Gasteiger partial charge < -0.3 is 11.1 Å². The Morgan fingerprint density at radius 2 is 2.05 bits per heavy atom. The number of benzene rings is 1. The van der Waals surface area contributed by atoms with Crippen LogP contribution in [0.1, 0.15) is 6.42 Å².